The summed E-state index contributed by atoms with van der Waals surface area (Å²) in [6, 6.07) is 11.3. The number of carbonyl (C=O) groups is 3. The van der Waals surface area contributed by atoms with Crippen LogP contribution in [-0.4, -0.2) is 56.7 Å². The van der Waals surface area contributed by atoms with E-state index in [0.29, 0.717) is 29.9 Å². The molecule has 0 aromatic heterocycles. The third-order valence-electron chi connectivity index (χ3n) is 4.86. The third kappa shape index (κ3) is 7.13. The molecule has 0 saturated heterocycles. The van der Waals surface area contributed by atoms with Gasteiger partial charge in [-0.3, -0.25) is 14.4 Å². The molecule has 9 nitrogen and oxygen atoms in total. The van der Waals surface area contributed by atoms with Gasteiger partial charge in [0.25, 0.3) is 11.8 Å². The van der Waals surface area contributed by atoms with Crippen molar-refractivity contribution in [2.75, 3.05) is 31.6 Å². The fourth-order valence-electron chi connectivity index (χ4n) is 3.03. The Morgan fingerprint density at radius 2 is 1.70 bits per heavy atom. The number of hydrogen-bond donors (Lipinski definition) is 2. The van der Waals surface area contributed by atoms with Crippen LogP contribution in [0.3, 0.4) is 0 Å². The summed E-state index contributed by atoms with van der Waals surface area (Å²) >= 11 is 0. The summed E-state index contributed by atoms with van der Waals surface area (Å²) < 4.78 is 31.7. The number of ether oxygens (including phenoxy) is 1. The second-order valence-corrected chi connectivity index (χ2v) is 9.27. The lowest BCUT2D eigenvalue weighted by atomic mass is 10.1. The number of rotatable bonds is 10. The van der Waals surface area contributed by atoms with Crippen molar-refractivity contribution in [3.63, 3.8) is 0 Å². The first kappa shape index (κ1) is 26.0. The Morgan fingerprint density at radius 1 is 1.00 bits per heavy atom. The van der Waals surface area contributed by atoms with E-state index in [1.807, 2.05) is 13.0 Å². The van der Waals surface area contributed by atoms with E-state index >= 15 is 0 Å². The second-order valence-electron chi connectivity index (χ2n) is 7.33. The molecule has 0 heterocycles. The lowest BCUT2D eigenvalue weighted by molar-refractivity contribution is -0.146. The molecule has 2 aromatic carbocycles. The number of anilines is 1. The molecule has 178 valence electrons. The van der Waals surface area contributed by atoms with Gasteiger partial charge in [0.05, 0.1) is 4.90 Å². The van der Waals surface area contributed by atoms with Crippen molar-refractivity contribution in [2.45, 2.75) is 32.6 Å². The van der Waals surface area contributed by atoms with Crippen LogP contribution < -0.4 is 10.6 Å². The van der Waals surface area contributed by atoms with Crippen molar-refractivity contribution in [3.05, 3.63) is 59.2 Å². The normalized spacial score (nSPS) is 11.2. The first-order valence-electron chi connectivity index (χ1n) is 10.5. The van der Waals surface area contributed by atoms with E-state index in [-0.39, 0.29) is 4.90 Å². The fourth-order valence-corrected chi connectivity index (χ4v) is 4.52. The molecule has 0 aliphatic carbocycles. The maximum Gasteiger partial charge on any atom is 0.325 e. The van der Waals surface area contributed by atoms with Gasteiger partial charge in [-0.1, -0.05) is 37.6 Å². The number of amides is 2. The number of carbonyl (C=O) groups excluding carboxylic acids is 3. The molecule has 0 bridgehead atoms. The van der Waals surface area contributed by atoms with Crippen LogP contribution in [-0.2, 0) is 24.3 Å². The molecule has 2 N–H and O–H groups in total. The van der Waals surface area contributed by atoms with Gasteiger partial charge in [0.15, 0.2) is 6.61 Å². The maximum atomic E-state index is 12.7. The van der Waals surface area contributed by atoms with Gasteiger partial charge in [-0.05, 0) is 43.7 Å². The first-order chi connectivity index (χ1) is 15.6. The SMILES string of the molecule is CCN(CC)S(=O)(=O)c1ccc(C)c(NC(=O)COC(=O)CNC(=O)c2cccc(C)c2)c1. The molecule has 0 saturated carbocycles. The third-order valence-corrected chi connectivity index (χ3v) is 6.91. The number of hydrogen-bond acceptors (Lipinski definition) is 6. The Kier molecular flexibility index (Phi) is 9.12. The fraction of sp³-hybridized carbons (Fsp3) is 0.348. The minimum atomic E-state index is -3.69. The Hall–Kier alpha value is -3.24. The van der Waals surface area contributed by atoms with Crippen molar-refractivity contribution in [2.24, 2.45) is 0 Å². The molecule has 10 heteroatoms. The van der Waals surface area contributed by atoms with Gasteiger partial charge in [0, 0.05) is 24.3 Å². The van der Waals surface area contributed by atoms with E-state index < -0.39 is 41.0 Å². The molecule has 0 aliphatic heterocycles. The predicted molar refractivity (Wildman–Crippen MR) is 124 cm³/mol. The highest BCUT2D eigenvalue weighted by Gasteiger charge is 2.22. The van der Waals surface area contributed by atoms with Gasteiger partial charge in [-0.25, -0.2) is 8.42 Å². The summed E-state index contributed by atoms with van der Waals surface area (Å²) in [5, 5.41) is 5.00. The number of aryl methyl sites for hydroxylation is 2. The Morgan fingerprint density at radius 3 is 2.33 bits per heavy atom. The van der Waals surface area contributed by atoms with Gasteiger partial charge in [-0.15, -0.1) is 0 Å². The summed E-state index contributed by atoms with van der Waals surface area (Å²) in [7, 11) is -3.69. The van der Waals surface area contributed by atoms with E-state index in [2.05, 4.69) is 10.6 Å². The van der Waals surface area contributed by atoms with E-state index in [4.69, 9.17) is 4.74 Å². The number of nitrogens with one attached hydrogen (secondary N) is 2. The molecule has 2 rings (SSSR count). The van der Waals surface area contributed by atoms with Gasteiger partial charge in [-0.2, -0.15) is 4.31 Å². The van der Waals surface area contributed by atoms with Crippen LogP contribution in [0.1, 0.15) is 35.3 Å². The lowest BCUT2D eigenvalue weighted by Gasteiger charge is -2.19. The number of esters is 1. The van der Waals surface area contributed by atoms with Crippen molar-refractivity contribution in [3.8, 4) is 0 Å². The zero-order valence-corrected chi connectivity index (χ0v) is 20.0. The van der Waals surface area contributed by atoms with Crippen LogP contribution in [0.4, 0.5) is 5.69 Å². The van der Waals surface area contributed by atoms with E-state index in [1.54, 1.807) is 45.0 Å². The summed E-state index contributed by atoms with van der Waals surface area (Å²) in [4.78, 5) is 36.3. The molecule has 0 unspecified atom stereocenters. The van der Waals surface area contributed by atoms with E-state index in [1.165, 1.54) is 16.4 Å². The summed E-state index contributed by atoms with van der Waals surface area (Å²) in [6.07, 6.45) is 0. The Labute approximate surface area is 194 Å². The predicted octanol–water partition coefficient (Wildman–Crippen LogP) is 2.25. The molecule has 0 fully saturated rings. The quantitative estimate of drug-likeness (QED) is 0.508. The number of sulfonamides is 1. The van der Waals surface area contributed by atoms with Crippen LogP contribution in [0.2, 0.25) is 0 Å². The van der Waals surface area contributed by atoms with Gasteiger partial charge < -0.3 is 15.4 Å². The van der Waals surface area contributed by atoms with Crippen molar-refractivity contribution in [1.29, 1.82) is 0 Å². The highest BCUT2D eigenvalue weighted by molar-refractivity contribution is 7.89. The number of nitrogens with zero attached hydrogens (tertiary/aromatic N) is 1. The van der Waals surface area contributed by atoms with Gasteiger partial charge in [0.1, 0.15) is 6.54 Å². The molecule has 33 heavy (non-hydrogen) atoms. The van der Waals surface area contributed by atoms with Crippen molar-refractivity contribution >= 4 is 33.5 Å². The average Bonchev–Trinajstić information content (AvgIpc) is 2.78. The van der Waals surface area contributed by atoms with Crippen LogP contribution in [0.15, 0.2) is 47.4 Å². The van der Waals surface area contributed by atoms with Crippen LogP contribution >= 0.6 is 0 Å². The molecule has 0 radical (unpaired) electrons. The van der Waals surface area contributed by atoms with Crippen molar-refractivity contribution in [1.82, 2.24) is 9.62 Å². The minimum Gasteiger partial charge on any atom is -0.454 e. The Bertz CT molecular complexity index is 1130. The molecular formula is C23H29N3O6S. The standard InChI is InChI=1S/C23H29N3O6S/c1-5-26(6-2)33(30,31)19-11-10-17(4)20(13-19)25-21(27)15-32-22(28)14-24-23(29)18-9-7-8-16(3)12-18/h7-13H,5-6,14-15H2,1-4H3,(H,24,29)(H,25,27). The second kappa shape index (κ2) is 11.6. The van der Waals surface area contributed by atoms with Gasteiger partial charge >= 0.3 is 5.97 Å². The highest BCUT2D eigenvalue weighted by atomic mass is 32.2. The molecule has 2 amide bonds. The largest absolute Gasteiger partial charge is 0.454 e. The first-order valence-corrected chi connectivity index (χ1v) is 11.9. The topological polar surface area (TPSA) is 122 Å². The zero-order valence-electron chi connectivity index (χ0n) is 19.2. The maximum absolute atomic E-state index is 12.7. The average molecular weight is 476 g/mol. The number of benzene rings is 2. The molecule has 0 spiro atoms. The zero-order chi connectivity index (χ0) is 24.6. The Balaban J connectivity index is 1.92. The highest BCUT2D eigenvalue weighted by Crippen LogP contribution is 2.23. The summed E-state index contributed by atoms with van der Waals surface area (Å²) in [5.74, 6) is -1.84. The van der Waals surface area contributed by atoms with Gasteiger partial charge in [0.2, 0.25) is 10.0 Å². The van der Waals surface area contributed by atoms with Crippen LogP contribution in [0, 0.1) is 13.8 Å². The van der Waals surface area contributed by atoms with E-state index in [9.17, 15) is 22.8 Å². The molecule has 2 aromatic rings. The molecular weight excluding hydrogens is 446 g/mol. The molecule has 0 aliphatic rings. The smallest absolute Gasteiger partial charge is 0.325 e. The summed E-state index contributed by atoms with van der Waals surface area (Å²) in [6.45, 7) is 6.74. The van der Waals surface area contributed by atoms with Crippen molar-refractivity contribution < 1.29 is 27.5 Å². The van der Waals surface area contributed by atoms with E-state index in [0.717, 1.165) is 5.56 Å². The van der Waals surface area contributed by atoms with Crippen LogP contribution in [0.25, 0.3) is 0 Å². The monoisotopic (exact) mass is 475 g/mol. The molecule has 0 atom stereocenters. The van der Waals surface area contributed by atoms with Crippen LogP contribution in [0.5, 0.6) is 0 Å². The summed E-state index contributed by atoms with van der Waals surface area (Å²) in [5.41, 5.74) is 2.28. The minimum absolute atomic E-state index is 0.0583. The lowest BCUT2D eigenvalue weighted by Crippen LogP contribution is -2.32.